The van der Waals surface area contributed by atoms with Crippen LogP contribution in [0, 0.1) is 11.3 Å². The van der Waals surface area contributed by atoms with Crippen molar-refractivity contribution in [3.8, 4) is 11.8 Å². The van der Waals surface area contributed by atoms with E-state index in [1.165, 1.54) is 6.07 Å². The van der Waals surface area contributed by atoms with Crippen LogP contribution in [0.3, 0.4) is 0 Å². The van der Waals surface area contributed by atoms with Gasteiger partial charge in [-0.2, -0.15) is 14.0 Å². The van der Waals surface area contributed by atoms with Crippen molar-refractivity contribution in [2.75, 3.05) is 0 Å². The van der Waals surface area contributed by atoms with Gasteiger partial charge in [-0.25, -0.2) is 4.79 Å². The van der Waals surface area contributed by atoms with E-state index in [1.54, 1.807) is 6.07 Å². The van der Waals surface area contributed by atoms with E-state index < -0.39 is 23.9 Å². The molecule has 0 aromatic heterocycles. The van der Waals surface area contributed by atoms with Crippen molar-refractivity contribution in [3.63, 3.8) is 0 Å². The molecule has 0 amide bonds. The molecule has 0 saturated carbocycles. The van der Waals surface area contributed by atoms with Crippen molar-refractivity contribution >= 4 is 17.6 Å². The number of aromatic carboxylic acids is 1. The lowest BCUT2D eigenvalue weighted by molar-refractivity contribution is -0.0508. The summed E-state index contributed by atoms with van der Waals surface area (Å²) in [6.45, 7) is -3.19. The zero-order valence-electron chi connectivity index (χ0n) is 8.28. The highest BCUT2D eigenvalue weighted by Gasteiger charge is 2.21. The molecule has 0 unspecified atom stereocenters. The molecule has 1 aromatic rings. The molecule has 0 aliphatic heterocycles. The zero-order chi connectivity index (χ0) is 13.0. The average molecular weight is 262 g/mol. The topological polar surface area (TPSA) is 70.3 Å². The number of carbonyl (C=O) groups is 1. The van der Waals surface area contributed by atoms with Gasteiger partial charge < -0.3 is 9.84 Å². The monoisotopic (exact) mass is 261 g/mol. The number of rotatable bonds is 4. The van der Waals surface area contributed by atoms with Gasteiger partial charge in [-0.1, -0.05) is 0 Å². The molecule has 0 saturated heterocycles. The van der Waals surface area contributed by atoms with Crippen molar-refractivity contribution in [3.05, 3.63) is 28.8 Å². The molecule has 1 rings (SSSR count). The maximum atomic E-state index is 12.2. The van der Waals surface area contributed by atoms with Crippen molar-refractivity contribution in [1.82, 2.24) is 0 Å². The smallest absolute Gasteiger partial charge is 0.387 e. The van der Waals surface area contributed by atoms with Gasteiger partial charge in [-0.15, -0.1) is 11.6 Å². The first-order valence-electron chi connectivity index (χ1n) is 4.31. The molecule has 0 aliphatic carbocycles. The van der Waals surface area contributed by atoms with E-state index in [2.05, 4.69) is 4.74 Å². The van der Waals surface area contributed by atoms with Gasteiger partial charge in [-0.3, -0.25) is 0 Å². The largest absolute Gasteiger partial charge is 0.478 e. The molecule has 0 bridgehead atoms. The molecule has 1 aromatic carbocycles. The van der Waals surface area contributed by atoms with Crippen molar-refractivity contribution in [1.29, 1.82) is 5.26 Å². The Labute approximate surface area is 100.0 Å². The Kier molecular flexibility index (Phi) is 4.24. The van der Waals surface area contributed by atoms with Crippen molar-refractivity contribution in [2.24, 2.45) is 0 Å². The highest BCUT2D eigenvalue weighted by Crippen LogP contribution is 2.30. The van der Waals surface area contributed by atoms with Crippen LogP contribution < -0.4 is 4.74 Å². The lowest BCUT2D eigenvalue weighted by Crippen LogP contribution is -2.10. The molecule has 0 heterocycles. The minimum absolute atomic E-state index is 0.000602. The van der Waals surface area contributed by atoms with E-state index in [0.717, 1.165) is 6.07 Å². The highest BCUT2D eigenvalue weighted by molar-refractivity contribution is 6.17. The predicted molar refractivity (Wildman–Crippen MR) is 54.3 cm³/mol. The lowest BCUT2D eigenvalue weighted by atomic mass is 10.0. The Hall–Kier alpha value is -1.87. The number of nitriles is 1. The molecule has 0 radical (unpaired) electrons. The lowest BCUT2D eigenvalue weighted by Gasteiger charge is -2.12. The molecular weight excluding hydrogens is 256 g/mol. The van der Waals surface area contributed by atoms with Crippen LogP contribution in [-0.4, -0.2) is 17.7 Å². The number of alkyl halides is 3. The average Bonchev–Trinajstić information content (AvgIpc) is 2.27. The fraction of sp³-hybridized carbons (Fsp3) is 0.200. The maximum Gasteiger partial charge on any atom is 0.387 e. The Morgan fingerprint density at radius 2 is 2.24 bits per heavy atom. The van der Waals surface area contributed by atoms with Crippen LogP contribution in [0.2, 0.25) is 0 Å². The van der Waals surface area contributed by atoms with Gasteiger partial charge in [0.15, 0.2) is 0 Å². The molecule has 0 aliphatic rings. The maximum absolute atomic E-state index is 12.2. The number of carboxylic acid groups (broad SMARTS) is 1. The number of carboxylic acids is 1. The third-order valence-corrected chi connectivity index (χ3v) is 2.22. The molecule has 0 spiro atoms. The van der Waals surface area contributed by atoms with Gasteiger partial charge in [0.2, 0.25) is 0 Å². The highest BCUT2D eigenvalue weighted by atomic mass is 35.5. The second kappa shape index (κ2) is 5.46. The zero-order valence-corrected chi connectivity index (χ0v) is 9.04. The third-order valence-electron chi connectivity index (χ3n) is 1.95. The summed E-state index contributed by atoms with van der Waals surface area (Å²) in [6, 6.07) is 3.94. The van der Waals surface area contributed by atoms with Crippen molar-refractivity contribution < 1.29 is 23.4 Å². The van der Waals surface area contributed by atoms with Crippen LogP contribution in [0.25, 0.3) is 0 Å². The number of halogens is 3. The van der Waals surface area contributed by atoms with E-state index in [4.69, 9.17) is 22.0 Å². The Morgan fingerprint density at radius 3 is 2.65 bits per heavy atom. The van der Waals surface area contributed by atoms with Crippen LogP contribution >= 0.6 is 11.6 Å². The van der Waals surface area contributed by atoms with Crippen molar-refractivity contribution in [2.45, 2.75) is 12.5 Å². The summed E-state index contributed by atoms with van der Waals surface area (Å²) in [5.74, 6) is -2.30. The molecule has 0 fully saturated rings. The second-order valence-corrected chi connectivity index (χ2v) is 3.16. The minimum atomic E-state index is -3.19. The molecule has 90 valence electrons. The third kappa shape index (κ3) is 2.82. The van der Waals surface area contributed by atoms with Gasteiger partial charge in [0.05, 0.1) is 17.5 Å². The van der Waals surface area contributed by atoms with E-state index in [-0.39, 0.29) is 17.0 Å². The number of benzene rings is 1. The Balaban J connectivity index is 3.45. The van der Waals surface area contributed by atoms with E-state index in [1.807, 2.05) is 0 Å². The van der Waals surface area contributed by atoms with Crippen LogP contribution in [0.4, 0.5) is 8.78 Å². The van der Waals surface area contributed by atoms with Gasteiger partial charge >= 0.3 is 12.6 Å². The van der Waals surface area contributed by atoms with Crippen LogP contribution in [-0.2, 0) is 5.88 Å². The first-order chi connectivity index (χ1) is 8.01. The van der Waals surface area contributed by atoms with Gasteiger partial charge in [-0.05, 0) is 12.1 Å². The van der Waals surface area contributed by atoms with E-state index >= 15 is 0 Å². The number of ether oxygens (including phenoxy) is 1. The summed E-state index contributed by atoms with van der Waals surface area (Å²) in [5, 5.41) is 17.5. The summed E-state index contributed by atoms with van der Waals surface area (Å²) >= 11 is 5.51. The summed E-state index contributed by atoms with van der Waals surface area (Å²) in [6.07, 6.45) is 0. The molecular formula is C10H6ClF2NO3. The summed E-state index contributed by atoms with van der Waals surface area (Å²) in [4.78, 5) is 10.8. The van der Waals surface area contributed by atoms with Crippen LogP contribution in [0.5, 0.6) is 5.75 Å². The summed E-state index contributed by atoms with van der Waals surface area (Å²) in [5.41, 5.74) is -0.519. The van der Waals surface area contributed by atoms with Gasteiger partial charge in [0.1, 0.15) is 11.3 Å². The summed E-state index contributed by atoms with van der Waals surface area (Å²) in [7, 11) is 0. The van der Waals surface area contributed by atoms with Gasteiger partial charge in [0, 0.05) is 5.56 Å². The summed E-state index contributed by atoms with van der Waals surface area (Å²) < 4.78 is 28.5. The standard InChI is InChI=1S/C10H6ClF2NO3/c11-3-7-5(4-14)1-2-6(9(15)16)8(7)17-10(12)13/h1-2,10H,3H2,(H,15,16). The van der Waals surface area contributed by atoms with Crippen LogP contribution in [0.15, 0.2) is 12.1 Å². The van der Waals surface area contributed by atoms with Crippen LogP contribution in [0.1, 0.15) is 21.5 Å². The molecule has 1 N–H and O–H groups in total. The van der Waals surface area contributed by atoms with E-state index in [0.29, 0.717) is 0 Å². The fourth-order valence-electron chi connectivity index (χ4n) is 1.26. The Morgan fingerprint density at radius 1 is 1.59 bits per heavy atom. The normalized spacial score (nSPS) is 10.1. The first-order valence-corrected chi connectivity index (χ1v) is 4.84. The van der Waals surface area contributed by atoms with Gasteiger partial charge in [0.25, 0.3) is 0 Å². The minimum Gasteiger partial charge on any atom is -0.478 e. The Bertz CT molecular complexity index is 485. The molecule has 7 heteroatoms. The first kappa shape index (κ1) is 13.2. The second-order valence-electron chi connectivity index (χ2n) is 2.90. The van der Waals surface area contributed by atoms with E-state index in [9.17, 15) is 13.6 Å². The predicted octanol–water partition coefficient (Wildman–Crippen LogP) is 2.60. The molecule has 4 nitrogen and oxygen atoms in total. The molecule has 0 atom stereocenters. The number of nitrogens with zero attached hydrogens (tertiary/aromatic N) is 1. The quantitative estimate of drug-likeness (QED) is 0.846. The number of hydrogen-bond acceptors (Lipinski definition) is 3. The number of hydrogen-bond donors (Lipinski definition) is 1. The molecule has 17 heavy (non-hydrogen) atoms. The fourth-order valence-corrected chi connectivity index (χ4v) is 1.52. The SMILES string of the molecule is N#Cc1ccc(C(=O)O)c(OC(F)F)c1CCl.